The van der Waals surface area contributed by atoms with Crippen LogP contribution in [0.4, 0.5) is 10.5 Å². The Bertz CT molecular complexity index is 644. The number of ether oxygens (including phenoxy) is 1. The van der Waals surface area contributed by atoms with E-state index in [1.807, 2.05) is 49.4 Å². The molecule has 0 bridgehead atoms. The summed E-state index contributed by atoms with van der Waals surface area (Å²) < 4.78 is 6.22. The second-order valence-electron chi connectivity index (χ2n) is 4.64. The quantitative estimate of drug-likeness (QED) is 0.874. The zero-order chi connectivity index (χ0) is 15.2. The van der Waals surface area contributed by atoms with Gasteiger partial charge in [0, 0.05) is 11.0 Å². The van der Waals surface area contributed by atoms with Crippen molar-refractivity contribution in [1.82, 2.24) is 5.32 Å². The van der Waals surface area contributed by atoms with Crippen molar-refractivity contribution in [3.8, 4) is 5.75 Å². The largest absolute Gasteiger partial charge is 0.495 e. The highest BCUT2D eigenvalue weighted by atomic mass is 79.9. The molecule has 2 aromatic carbocycles. The van der Waals surface area contributed by atoms with Crippen LogP contribution in [-0.2, 0) is 6.54 Å². The number of carbonyl (C=O) groups is 1. The fraction of sp³-hybridized carbons (Fsp3) is 0.188. The summed E-state index contributed by atoms with van der Waals surface area (Å²) >= 11 is 3.40. The SMILES string of the molecule is COc1ccc(C)cc1NC(=O)NCc1cccc(Br)c1. The topological polar surface area (TPSA) is 50.4 Å². The molecule has 0 spiro atoms. The van der Waals surface area contributed by atoms with Gasteiger partial charge < -0.3 is 15.4 Å². The maximum absolute atomic E-state index is 12.0. The highest BCUT2D eigenvalue weighted by molar-refractivity contribution is 9.10. The van der Waals surface area contributed by atoms with E-state index in [0.29, 0.717) is 18.0 Å². The highest BCUT2D eigenvalue weighted by Crippen LogP contribution is 2.25. The van der Waals surface area contributed by atoms with Crippen LogP contribution >= 0.6 is 15.9 Å². The molecule has 0 heterocycles. The Labute approximate surface area is 132 Å². The molecule has 110 valence electrons. The summed E-state index contributed by atoms with van der Waals surface area (Å²) in [6.07, 6.45) is 0. The zero-order valence-electron chi connectivity index (χ0n) is 11.9. The van der Waals surface area contributed by atoms with E-state index >= 15 is 0 Å². The molecule has 5 heteroatoms. The number of amides is 2. The Kier molecular flexibility index (Phi) is 5.22. The molecule has 0 aromatic heterocycles. The Morgan fingerprint density at radius 3 is 2.76 bits per heavy atom. The summed E-state index contributed by atoms with van der Waals surface area (Å²) in [6.45, 7) is 2.42. The Morgan fingerprint density at radius 2 is 2.05 bits per heavy atom. The lowest BCUT2D eigenvalue weighted by molar-refractivity contribution is 0.251. The number of methoxy groups -OCH3 is 1. The number of urea groups is 1. The molecule has 0 aliphatic carbocycles. The number of carbonyl (C=O) groups excluding carboxylic acids is 1. The van der Waals surface area contributed by atoms with Crippen molar-refractivity contribution in [3.05, 3.63) is 58.1 Å². The van der Waals surface area contributed by atoms with Crippen LogP contribution in [0, 0.1) is 6.92 Å². The standard InChI is InChI=1S/C16H17BrN2O2/c1-11-6-7-15(21-2)14(8-11)19-16(20)18-10-12-4-3-5-13(17)9-12/h3-9H,10H2,1-2H3,(H2,18,19,20). The van der Waals surface area contributed by atoms with E-state index < -0.39 is 0 Å². The van der Waals surface area contributed by atoms with Gasteiger partial charge in [-0.2, -0.15) is 0 Å². The van der Waals surface area contributed by atoms with Crippen LogP contribution in [0.5, 0.6) is 5.75 Å². The van der Waals surface area contributed by atoms with Crippen LogP contribution in [-0.4, -0.2) is 13.1 Å². The molecule has 0 saturated heterocycles. The summed E-state index contributed by atoms with van der Waals surface area (Å²) in [4.78, 5) is 12.0. The maximum atomic E-state index is 12.0. The van der Waals surface area contributed by atoms with E-state index in [0.717, 1.165) is 15.6 Å². The van der Waals surface area contributed by atoms with E-state index in [-0.39, 0.29) is 6.03 Å². The zero-order valence-corrected chi connectivity index (χ0v) is 13.5. The number of benzene rings is 2. The van der Waals surface area contributed by atoms with Crippen molar-refractivity contribution < 1.29 is 9.53 Å². The molecule has 21 heavy (non-hydrogen) atoms. The Hall–Kier alpha value is -2.01. The van der Waals surface area contributed by atoms with Gasteiger partial charge in [0.1, 0.15) is 5.75 Å². The first kappa shape index (κ1) is 15.4. The first-order valence-electron chi connectivity index (χ1n) is 6.52. The second-order valence-corrected chi connectivity index (χ2v) is 5.56. The first-order valence-corrected chi connectivity index (χ1v) is 7.31. The maximum Gasteiger partial charge on any atom is 0.319 e. The number of hydrogen-bond acceptors (Lipinski definition) is 2. The van der Waals surface area contributed by atoms with Crippen LogP contribution in [0.2, 0.25) is 0 Å². The minimum atomic E-state index is -0.265. The van der Waals surface area contributed by atoms with E-state index in [9.17, 15) is 4.79 Å². The molecule has 0 unspecified atom stereocenters. The average Bonchev–Trinajstić information content (AvgIpc) is 2.45. The van der Waals surface area contributed by atoms with Gasteiger partial charge in [-0.25, -0.2) is 4.79 Å². The normalized spacial score (nSPS) is 10.0. The molecule has 0 aliphatic heterocycles. The lowest BCUT2D eigenvalue weighted by Gasteiger charge is -2.12. The van der Waals surface area contributed by atoms with Gasteiger partial charge in [-0.05, 0) is 42.3 Å². The monoisotopic (exact) mass is 348 g/mol. The molecule has 0 fully saturated rings. The summed E-state index contributed by atoms with van der Waals surface area (Å²) in [5.41, 5.74) is 2.73. The molecule has 0 aliphatic rings. The van der Waals surface area contributed by atoms with E-state index in [4.69, 9.17) is 4.74 Å². The fourth-order valence-electron chi connectivity index (χ4n) is 1.92. The van der Waals surface area contributed by atoms with Gasteiger partial charge in [0.2, 0.25) is 0 Å². The summed E-state index contributed by atoms with van der Waals surface area (Å²) in [5.74, 6) is 0.637. The number of nitrogens with one attached hydrogen (secondary N) is 2. The third-order valence-electron chi connectivity index (χ3n) is 2.95. The van der Waals surface area contributed by atoms with Gasteiger partial charge >= 0.3 is 6.03 Å². The molecule has 0 radical (unpaired) electrons. The Balaban J connectivity index is 1.97. The smallest absolute Gasteiger partial charge is 0.319 e. The van der Waals surface area contributed by atoms with Crippen LogP contribution in [0.25, 0.3) is 0 Å². The molecule has 0 saturated carbocycles. The molecule has 2 N–H and O–H groups in total. The molecular weight excluding hydrogens is 332 g/mol. The molecular formula is C16H17BrN2O2. The van der Waals surface area contributed by atoms with Crippen molar-refractivity contribution in [2.24, 2.45) is 0 Å². The number of aryl methyl sites for hydroxylation is 1. The highest BCUT2D eigenvalue weighted by Gasteiger charge is 2.07. The second kappa shape index (κ2) is 7.13. The first-order chi connectivity index (χ1) is 10.1. The predicted octanol–water partition coefficient (Wildman–Crippen LogP) is 4.09. The van der Waals surface area contributed by atoms with Crippen molar-refractivity contribution >= 4 is 27.6 Å². The van der Waals surface area contributed by atoms with Gasteiger partial charge in [0.25, 0.3) is 0 Å². The van der Waals surface area contributed by atoms with Crippen LogP contribution in [0.15, 0.2) is 46.9 Å². The molecule has 2 rings (SSSR count). The van der Waals surface area contributed by atoms with Crippen LogP contribution < -0.4 is 15.4 Å². The molecule has 4 nitrogen and oxygen atoms in total. The van der Waals surface area contributed by atoms with E-state index in [1.54, 1.807) is 7.11 Å². The minimum Gasteiger partial charge on any atom is -0.495 e. The molecule has 0 atom stereocenters. The van der Waals surface area contributed by atoms with Gasteiger partial charge in [0.05, 0.1) is 12.8 Å². The van der Waals surface area contributed by atoms with Crippen molar-refractivity contribution in [2.75, 3.05) is 12.4 Å². The van der Waals surface area contributed by atoms with Crippen LogP contribution in [0.1, 0.15) is 11.1 Å². The third-order valence-corrected chi connectivity index (χ3v) is 3.44. The molecule has 2 amide bonds. The predicted molar refractivity (Wildman–Crippen MR) is 87.7 cm³/mol. The summed E-state index contributed by atoms with van der Waals surface area (Å²) in [7, 11) is 1.58. The lowest BCUT2D eigenvalue weighted by Crippen LogP contribution is -2.28. The van der Waals surface area contributed by atoms with Gasteiger partial charge in [-0.3, -0.25) is 0 Å². The van der Waals surface area contributed by atoms with Gasteiger partial charge in [0.15, 0.2) is 0 Å². The van der Waals surface area contributed by atoms with E-state index in [1.165, 1.54) is 0 Å². The number of anilines is 1. The minimum absolute atomic E-state index is 0.265. The summed E-state index contributed by atoms with van der Waals surface area (Å²) in [6, 6.07) is 13.2. The van der Waals surface area contributed by atoms with Gasteiger partial charge in [-0.1, -0.05) is 34.1 Å². The van der Waals surface area contributed by atoms with Gasteiger partial charge in [-0.15, -0.1) is 0 Å². The Morgan fingerprint density at radius 1 is 1.24 bits per heavy atom. The molecule has 2 aromatic rings. The van der Waals surface area contributed by atoms with Crippen molar-refractivity contribution in [1.29, 1.82) is 0 Å². The number of hydrogen-bond donors (Lipinski definition) is 2. The summed E-state index contributed by atoms with van der Waals surface area (Å²) in [5, 5.41) is 5.62. The number of rotatable bonds is 4. The lowest BCUT2D eigenvalue weighted by atomic mass is 10.2. The number of halogens is 1. The van der Waals surface area contributed by atoms with Crippen LogP contribution in [0.3, 0.4) is 0 Å². The average molecular weight is 349 g/mol. The third kappa shape index (κ3) is 4.49. The van der Waals surface area contributed by atoms with Crippen molar-refractivity contribution in [2.45, 2.75) is 13.5 Å². The fourth-order valence-corrected chi connectivity index (χ4v) is 2.36. The van der Waals surface area contributed by atoms with Crippen molar-refractivity contribution in [3.63, 3.8) is 0 Å². The van der Waals surface area contributed by atoms with E-state index in [2.05, 4.69) is 26.6 Å².